The third-order valence-corrected chi connectivity index (χ3v) is 2.33. The van der Waals surface area contributed by atoms with Crippen LogP contribution in [0.2, 0.25) is 0 Å². The average molecular weight is 227 g/mol. The summed E-state index contributed by atoms with van der Waals surface area (Å²) in [6, 6.07) is 0. The minimum atomic E-state index is -0.618. The van der Waals surface area contributed by atoms with E-state index in [9.17, 15) is 9.59 Å². The minimum absolute atomic E-state index is 0.0120. The van der Waals surface area contributed by atoms with Crippen molar-refractivity contribution in [3.63, 3.8) is 0 Å². The fourth-order valence-electron chi connectivity index (χ4n) is 1.44. The number of hydrogen-bond donors (Lipinski definition) is 0. The molecule has 1 aromatic heterocycles. The second-order valence-corrected chi connectivity index (χ2v) is 3.52. The van der Waals surface area contributed by atoms with E-state index in [2.05, 4.69) is 0 Å². The first kappa shape index (κ1) is 12.5. The van der Waals surface area contributed by atoms with Gasteiger partial charge in [0.2, 0.25) is 0 Å². The number of esters is 1. The zero-order valence-corrected chi connectivity index (χ0v) is 9.91. The van der Waals surface area contributed by atoms with Crippen LogP contribution < -0.4 is 5.63 Å². The number of aromatic nitrogens is 1. The third-order valence-electron chi connectivity index (χ3n) is 2.33. The fourth-order valence-corrected chi connectivity index (χ4v) is 1.44. The Bertz CT molecular complexity index is 416. The quantitative estimate of drug-likeness (QED) is 0.719. The molecular formula is C11H17NO4. The summed E-state index contributed by atoms with van der Waals surface area (Å²) >= 11 is 0. The Hall–Kier alpha value is -1.52. The van der Waals surface area contributed by atoms with Crippen molar-refractivity contribution in [2.24, 2.45) is 0 Å². The minimum Gasteiger partial charge on any atom is -0.462 e. The molecule has 1 aromatic rings. The first-order valence-corrected chi connectivity index (χ1v) is 5.49. The van der Waals surface area contributed by atoms with E-state index in [-0.39, 0.29) is 12.2 Å². The molecule has 0 spiro atoms. The van der Waals surface area contributed by atoms with Crippen LogP contribution in [0.25, 0.3) is 0 Å². The molecule has 0 N–H and O–H groups in total. The molecule has 0 aliphatic carbocycles. The molecule has 0 unspecified atom stereocenters. The van der Waals surface area contributed by atoms with Gasteiger partial charge in [0.1, 0.15) is 0 Å². The Balaban J connectivity index is 2.97. The van der Waals surface area contributed by atoms with Crippen molar-refractivity contribution >= 4 is 5.97 Å². The van der Waals surface area contributed by atoms with Gasteiger partial charge in [0, 0.05) is 0 Å². The smallest absolute Gasteiger partial charge is 0.372 e. The highest BCUT2D eigenvalue weighted by atomic mass is 16.5. The van der Waals surface area contributed by atoms with Gasteiger partial charge in [-0.3, -0.25) is 0 Å². The Labute approximate surface area is 94.0 Å². The Morgan fingerprint density at radius 3 is 2.69 bits per heavy atom. The lowest BCUT2D eigenvalue weighted by Gasteiger charge is -2.02. The van der Waals surface area contributed by atoms with Gasteiger partial charge in [-0.2, -0.15) is 0 Å². The molecule has 16 heavy (non-hydrogen) atoms. The summed E-state index contributed by atoms with van der Waals surface area (Å²) in [7, 11) is 0. The number of carbonyl (C=O) groups is 1. The zero-order chi connectivity index (χ0) is 12.1. The molecule has 0 saturated carbocycles. The van der Waals surface area contributed by atoms with Gasteiger partial charge in [0.05, 0.1) is 18.8 Å². The van der Waals surface area contributed by atoms with E-state index in [1.807, 2.05) is 6.92 Å². The molecular weight excluding hydrogens is 210 g/mol. The van der Waals surface area contributed by atoms with Gasteiger partial charge in [0.25, 0.3) is 0 Å². The van der Waals surface area contributed by atoms with Crippen LogP contribution in [-0.2, 0) is 11.3 Å². The van der Waals surface area contributed by atoms with Gasteiger partial charge >= 0.3 is 11.6 Å². The highest BCUT2D eigenvalue weighted by Crippen LogP contribution is 2.07. The van der Waals surface area contributed by atoms with Crippen LogP contribution in [0.3, 0.4) is 0 Å². The number of rotatable bonds is 5. The van der Waals surface area contributed by atoms with Gasteiger partial charge in [-0.15, -0.1) is 0 Å². The topological polar surface area (TPSA) is 61.4 Å². The maximum Gasteiger partial charge on any atom is 0.372 e. The third kappa shape index (κ3) is 2.53. The lowest BCUT2D eigenvalue weighted by molar-refractivity contribution is 0.0523. The molecule has 5 nitrogen and oxygen atoms in total. The molecule has 90 valence electrons. The predicted octanol–water partition coefficient (Wildman–Crippen LogP) is 1.73. The van der Waals surface area contributed by atoms with E-state index in [0.29, 0.717) is 12.2 Å². The van der Waals surface area contributed by atoms with Crippen LogP contribution in [-0.4, -0.2) is 17.3 Å². The van der Waals surface area contributed by atoms with E-state index >= 15 is 0 Å². The molecule has 0 aliphatic heterocycles. The first-order chi connectivity index (χ1) is 7.61. The van der Waals surface area contributed by atoms with Crippen LogP contribution in [0.5, 0.6) is 0 Å². The molecule has 0 aliphatic rings. The van der Waals surface area contributed by atoms with Crippen LogP contribution in [0, 0.1) is 6.92 Å². The number of unbranched alkanes of at least 4 members (excludes halogenated alkanes) is 1. The van der Waals surface area contributed by atoms with Crippen molar-refractivity contribution in [3.05, 3.63) is 21.7 Å². The second-order valence-electron chi connectivity index (χ2n) is 3.52. The molecule has 0 radical (unpaired) electrons. The van der Waals surface area contributed by atoms with Gasteiger partial charge in [-0.1, -0.05) is 13.3 Å². The summed E-state index contributed by atoms with van der Waals surface area (Å²) in [5.41, 5.74) is -0.0677. The van der Waals surface area contributed by atoms with Crippen LogP contribution >= 0.6 is 0 Å². The van der Waals surface area contributed by atoms with Crippen LogP contribution in [0.4, 0.5) is 0 Å². The van der Waals surface area contributed by atoms with E-state index in [1.165, 1.54) is 4.74 Å². The monoisotopic (exact) mass is 227 g/mol. The Kier molecular flexibility index (Phi) is 4.34. The summed E-state index contributed by atoms with van der Waals surface area (Å²) in [6.07, 6.45) is 1.90. The highest BCUT2D eigenvalue weighted by Gasteiger charge is 2.21. The van der Waals surface area contributed by atoms with Crippen LogP contribution in [0.1, 0.15) is 42.7 Å². The lowest BCUT2D eigenvalue weighted by Crippen LogP contribution is -2.14. The van der Waals surface area contributed by atoms with Gasteiger partial charge in [0.15, 0.2) is 5.56 Å². The summed E-state index contributed by atoms with van der Waals surface area (Å²) in [4.78, 5) is 22.9. The standard InChI is InChI=1S/C11H17NO4/c1-4-6-7-12-8(3)9(11(14)16-12)10(13)15-5-2/h4-7H2,1-3H3. The summed E-state index contributed by atoms with van der Waals surface area (Å²) in [6.45, 7) is 6.29. The maximum absolute atomic E-state index is 11.5. The molecule has 1 rings (SSSR count). The van der Waals surface area contributed by atoms with Crippen molar-refractivity contribution in [1.29, 1.82) is 0 Å². The normalized spacial score (nSPS) is 10.4. The van der Waals surface area contributed by atoms with Crippen molar-refractivity contribution in [2.45, 2.75) is 40.2 Å². The van der Waals surface area contributed by atoms with Crippen molar-refractivity contribution in [2.75, 3.05) is 6.61 Å². The number of ether oxygens (including phenoxy) is 1. The predicted molar refractivity (Wildman–Crippen MR) is 58.6 cm³/mol. The highest BCUT2D eigenvalue weighted by molar-refractivity contribution is 5.89. The largest absolute Gasteiger partial charge is 0.462 e. The average Bonchev–Trinajstić information content (AvgIpc) is 2.51. The van der Waals surface area contributed by atoms with Crippen molar-refractivity contribution in [3.8, 4) is 0 Å². The second kappa shape index (κ2) is 5.53. The molecule has 0 atom stereocenters. The summed E-state index contributed by atoms with van der Waals surface area (Å²) in [5.74, 6) is -0.607. The van der Waals surface area contributed by atoms with Crippen LogP contribution in [0.15, 0.2) is 9.32 Å². The number of aryl methyl sites for hydroxylation is 1. The van der Waals surface area contributed by atoms with Crippen molar-refractivity contribution < 1.29 is 14.1 Å². The molecule has 0 bridgehead atoms. The molecule has 0 aromatic carbocycles. The fraction of sp³-hybridized carbons (Fsp3) is 0.636. The maximum atomic E-state index is 11.5. The molecule has 0 fully saturated rings. The molecule has 1 heterocycles. The summed E-state index contributed by atoms with van der Waals surface area (Å²) < 4.78 is 11.2. The zero-order valence-electron chi connectivity index (χ0n) is 9.91. The number of carbonyl (C=O) groups excluding carboxylic acids is 1. The lowest BCUT2D eigenvalue weighted by atomic mass is 10.2. The van der Waals surface area contributed by atoms with Gasteiger partial charge in [-0.25, -0.2) is 14.3 Å². The Morgan fingerprint density at radius 1 is 1.44 bits per heavy atom. The van der Waals surface area contributed by atoms with E-state index in [0.717, 1.165) is 12.8 Å². The molecule has 5 heteroatoms. The first-order valence-electron chi connectivity index (χ1n) is 5.49. The Morgan fingerprint density at radius 2 is 2.12 bits per heavy atom. The van der Waals surface area contributed by atoms with Gasteiger partial charge in [-0.05, 0) is 20.3 Å². The number of nitrogens with zero attached hydrogens (tertiary/aromatic N) is 1. The molecule has 0 amide bonds. The SMILES string of the molecule is CCCCn1oc(=O)c(C(=O)OCC)c1C. The summed E-state index contributed by atoms with van der Waals surface area (Å²) in [5, 5.41) is 0. The molecule has 0 saturated heterocycles. The van der Waals surface area contributed by atoms with E-state index in [1.54, 1.807) is 13.8 Å². The van der Waals surface area contributed by atoms with E-state index < -0.39 is 11.6 Å². The number of hydrogen-bond acceptors (Lipinski definition) is 4. The van der Waals surface area contributed by atoms with Crippen molar-refractivity contribution in [1.82, 2.24) is 4.74 Å². The van der Waals surface area contributed by atoms with E-state index in [4.69, 9.17) is 9.26 Å². The van der Waals surface area contributed by atoms with Gasteiger partial charge < -0.3 is 9.26 Å².